The fourth-order valence-electron chi connectivity index (χ4n) is 3.43. The SMILES string of the molecule is CCC(C)(C)C(=O)OCCN1C(=O)C2C3C=CC(OC)(O3)C2C1=O. The minimum Gasteiger partial charge on any atom is -0.463 e. The van der Waals surface area contributed by atoms with Gasteiger partial charge in [-0.3, -0.25) is 19.3 Å². The molecule has 2 saturated heterocycles. The first-order valence-electron chi connectivity index (χ1n) is 8.22. The number of rotatable bonds is 6. The quantitative estimate of drug-likeness (QED) is 0.406. The first kappa shape index (κ1) is 17.1. The van der Waals surface area contributed by atoms with Gasteiger partial charge in [-0.1, -0.05) is 13.0 Å². The number of carbonyl (C=O) groups excluding carboxylic acids is 3. The molecule has 0 radical (unpaired) electrons. The number of methoxy groups -OCH3 is 1. The van der Waals surface area contributed by atoms with Crippen molar-refractivity contribution in [3.63, 3.8) is 0 Å². The van der Waals surface area contributed by atoms with Crippen LogP contribution in [0.15, 0.2) is 12.2 Å². The largest absolute Gasteiger partial charge is 0.463 e. The molecule has 7 heteroatoms. The molecule has 4 atom stereocenters. The second-order valence-electron chi connectivity index (χ2n) is 7.07. The van der Waals surface area contributed by atoms with Crippen molar-refractivity contribution in [3.05, 3.63) is 12.2 Å². The number of likely N-dealkylation sites (tertiary alicyclic amines) is 1. The number of hydrogen-bond donors (Lipinski definition) is 0. The van der Waals surface area contributed by atoms with E-state index in [0.717, 1.165) is 4.90 Å². The second-order valence-corrected chi connectivity index (χ2v) is 7.07. The lowest BCUT2D eigenvalue weighted by Crippen LogP contribution is -2.43. The normalized spacial score (nSPS) is 34.2. The minimum atomic E-state index is -1.14. The lowest BCUT2D eigenvalue weighted by molar-refractivity contribution is -0.186. The van der Waals surface area contributed by atoms with Crippen LogP contribution in [0.4, 0.5) is 0 Å². The summed E-state index contributed by atoms with van der Waals surface area (Å²) < 4.78 is 16.3. The molecule has 3 aliphatic heterocycles. The highest BCUT2D eigenvalue weighted by molar-refractivity contribution is 6.07. The van der Waals surface area contributed by atoms with E-state index in [4.69, 9.17) is 14.2 Å². The summed E-state index contributed by atoms with van der Waals surface area (Å²) in [6.45, 7) is 5.56. The van der Waals surface area contributed by atoms with E-state index >= 15 is 0 Å². The van der Waals surface area contributed by atoms with Gasteiger partial charge in [0.1, 0.15) is 12.5 Å². The van der Waals surface area contributed by atoms with Crippen LogP contribution in [0, 0.1) is 17.3 Å². The Labute approximate surface area is 140 Å². The fraction of sp³-hybridized carbons (Fsp3) is 0.706. The van der Waals surface area contributed by atoms with Crippen molar-refractivity contribution < 1.29 is 28.6 Å². The molecular formula is C17H23NO6. The van der Waals surface area contributed by atoms with Crippen molar-refractivity contribution in [1.82, 2.24) is 4.90 Å². The maximum absolute atomic E-state index is 12.7. The summed E-state index contributed by atoms with van der Waals surface area (Å²) in [7, 11) is 1.46. The molecule has 0 saturated carbocycles. The zero-order valence-corrected chi connectivity index (χ0v) is 14.4. The zero-order chi connectivity index (χ0) is 17.7. The van der Waals surface area contributed by atoms with Crippen molar-refractivity contribution in [1.29, 1.82) is 0 Å². The smallest absolute Gasteiger partial charge is 0.311 e. The van der Waals surface area contributed by atoms with Crippen LogP contribution < -0.4 is 0 Å². The highest BCUT2D eigenvalue weighted by Gasteiger charge is 2.68. The van der Waals surface area contributed by atoms with Crippen LogP contribution in [0.1, 0.15) is 27.2 Å². The predicted octanol–water partition coefficient (Wildman–Crippen LogP) is 0.878. The van der Waals surface area contributed by atoms with Crippen LogP contribution in [0.2, 0.25) is 0 Å². The van der Waals surface area contributed by atoms with E-state index in [1.807, 2.05) is 6.92 Å². The maximum Gasteiger partial charge on any atom is 0.311 e. The Hall–Kier alpha value is -1.73. The number of imide groups is 1. The summed E-state index contributed by atoms with van der Waals surface area (Å²) in [5.74, 6) is -3.30. The average Bonchev–Trinajstić information content (AvgIpc) is 3.20. The molecule has 3 heterocycles. The molecule has 0 N–H and O–H groups in total. The Morgan fingerprint density at radius 1 is 1.38 bits per heavy atom. The van der Waals surface area contributed by atoms with Crippen LogP contribution in [0.5, 0.6) is 0 Å². The van der Waals surface area contributed by atoms with Crippen LogP contribution in [-0.4, -0.2) is 54.8 Å². The average molecular weight is 337 g/mol. The third-order valence-corrected chi connectivity index (χ3v) is 5.37. The van der Waals surface area contributed by atoms with Crippen LogP contribution in [-0.2, 0) is 28.6 Å². The van der Waals surface area contributed by atoms with E-state index in [9.17, 15) is 14.4 Å². The number of hydrogen-bond acceptors (Lipinski definition) is 6. The summed E-state index contributed by atoms with van der Waals surface area (Å²) in [5, 5.41) is 0. The Kier molecular flexibility index (Phi) is 4.04. The maximum atomic E-state index is 12.7. The molecule has 2 amide bonds. The van der Waals surface area contributed by atoms with Gasteiger partial charge in [-0.2, -0.15) is 0 Å². The summed E-state index contributed by atoms with van der Waals surface area (Å²) in [6.07, 6.45) is 3.69. The molecule has 2 bridgehead atoms. The lowest BCUT2D eigenvalue weighted by Gasteiger charge is -2.27. The van der Waals surface area contributed by atoms with Gasteiger partial charge in [0.25, 0.3) is 0 Å². The van der Waals surface area contributed by atoms with Gasteiger partial charge in [0.05, 0.1) is 24.0 Å². The molecule has 3 aliphatic rings. The van der Waals surface area contributed by atoms with Gasteiger partial charge in [0.2, 0.25) is 17.6 Å². The van der Waals surface area contributed by atoms with E-state index in [-0.39, 0.29) is 30.9 Å². The summed E-state index contributed by atoms with van der Waals surface area (Å²) >= 11 is 0. The number of fused-ring (bicyclic) bond motifs is 5. The number of nitrogens with zero attached hydrogens (tertiary/aromatic N) is 1. The Morgan fingerprint density at radius 2 is 2.08 bits per heavy atom. The topological polar surface area (TPSA) is 82.1 Å². The van der Waals surface area contributed by atoms with Gasteiger partial charge in [0, 0.05) is 7.11 Å². The van der Waals surface area contributed by atoms with Crippen molar-refractivity contribution >= 4 is 17.8 Å². The fourth-order valence-corrected chi connectivity index (χ4v) is 3.43. The molecule has 2 fully saturated rings. The second kappa shape index (κ2) is 5.67. The molecular weight excluding hydrogens is 314 g/mol. The van der Waals surface area contributed by atoms with Gasteiger partial charge in [-0.15, -0.1) is 0 Å². The molecule has 24 heavy (non-hydrogen) atoms. The zero-order valence-electron chi connectivity index (χ0n) is 14.4. The highest BCUT2D eigenvalue weighted by Crippen LogP contribution is 2.51. The molecule has 0 aromatic carbocycles. The first-order chi connectivity index (χ1) is 11.3. The predicted molar refractivity (Wildman–Crippen MR) is 82.5 cm³/mol. The minimum absolute atomic E-state index is 0.00187. The monoisotopic (exact) mass is 337 g/mol. The van der Waals surface area contributed by atoms with Crippen LogP contribution >= 0.6 is 0 Å². The molecule has 132 valence electrons. The van der Waals surface area contributed by atoms with E-state index in [2.05, 4.69) is 0 Å². The van der Waals surface area contributed by atoms with E-state index in [1.54, 1.807) is 26.0 Å². The van der Waals surface area contributed by atoms with Gasteiger partial charge in [0.15, 0.2) is 0 Å². The van der Waals surface area contributed by atoms with Gasteiger partial charge in [-0.05, 0) is 26.3 Å². The van der Waals surface area contributed by atoms with Crippen molar-refractivity contribution in [2.24, 2.45) is 17.3 Å². The highest BCUT2D eigenvalue weighted by atomic mass is 16.7. The molecule has 0 aromatic rings. The standard InChI is InChI=1S/C17H23NO6/c1-5-16(2,3)15(21)23-9-8-18-13(19)11-10-6-7-17(22-4,24-10)12(11)14(18)20/h6-7,10-12H,5,8-9H2,1-4H3. The van der Waals surface area contributed by atoms with Gasteiger partial charge < -0.3 is 14.2 Å². The number of ether oxygens (including phenoxy) is 3. The Bertz CT molecular complexity index is 612. The number of esters is 1. The lowest BCUT2D eigenvalue weighted by atomic mass is 9.83. The van der Waals surface area contributed by atoms with E-state index in [0.29, 0.717) is 6.42 Å². The van der Waals surface area contributed by atoms with E-state index in [1.165, 1.54) is 7.11 Å². The molecule has 0 aliphatic carbocycles. The Balaban J connectivity index is 1.64. The summed E-state index contributed by atoms with van der Waals surface area (Å²) in [5.41, 5.74) is -0.577. The number of carbonyl (C=O) groups is 3. The van der Waals surface area contributed by atoms with E-state index < -0.39 is 29.1 Å². The third-order valence-electron chi connectivity index (χ3n) is 5.37. The number of amides is 2. The molecule has 0 aromatic heterocycles. The van der Waals surface area contributed by atoms with Crippen molar-refractivity contribution in [3.8, 4) is 0 Å². The van der Waals surface area contributed by atoms with Gasteiger partial charge >= 0.3 is 5.97 Å². The summed E-state index contributed by atoms with van der Waals surface area (Å²) in [6, 6.07) is 0. The molecule has 3 rings (SSSR count). The van der Waals surface area contributed by atoms with Gasteiger partial charge in [-0.25, -0.2) is 0 Å². The van der Waals surface area contributed by atoms with Crippen LogP contribution in [0.3, 0.4) is 0 Å². The first-order valence-corrected chi connectivity index (χ1v) is 8.22. The summed E-state index contributed by atoms with van der Waals surface area (Å²) in [4.78, 5) is 38.4. The van der Waals surface area contributed by atoms with Crippen molar-refractivity contribution in [2.45, 2.75) is 39.1 Å². The third kappa shape index (κ3) is 2.29. The van der Waals surface area contributed by atoms with Crippen LogP contribution in [0.25, 0.3) is 0 Å². The molecule has 0 spiro atoms. The molecule has 7 nitrogen and oxygen atoms in total. The van der Waals surface area contributed by atoms with Crippen molar-refractivity contribution in [2.75, 3.05) is 20.3 Å². The molecule has 4 unspecified atom stereocenters. The Morgan fingerprint density at radius 3 is 2.71 bits per heavy atom.